The van der Waals surface area contributed by atoms with Crippen LogP contribution in [0.15, 0.2) is 42.7 Å². The van der Waals surface area contributed by atoms with E-state index in [2.05, 4.69) is 66.0 Å². The molecule has 194 valence electrons. The molecule has 0 bridgehead atoms. The number of aryl methyl sites for hydroxylation is 2. The van der Waals surface area contributed by atoms with Gasteiger partial charge in [0.05, 0.1) is 18.5 Å². The van der Waals surface area contributed by atoms with Crippen LogP contribution < -0.4 is 19.9 Å². The van der Waals surface area contributed by atoms with Crippen LogP contribution in [0.3, 0.4) is 0 Å². The predicted molar refractivity (Wildman–Crippen MR) is 152 cm³/mol. The number of aromatic nitrogens is 4. The van der Waals surface area contributed by atoms with Gasteiger partial charge in [-0.15, -0.1) is 0 Å². The maximum absolute atomic E-state index is 6.36. The standard InChI is InChI=1S/C28H34ClN7O/c1-18-7-8-19(28(2,3)4)15-22(18)31-26-24-25(30-17-34(24)5)32-27(33-26)36-13-11-35(12-14-36)20-9-10-23(37-6)21(29)16-20/h7-10,15-17H,11-14H2,1-6H3,(H,31,32,33). The van der Waals surface area contributed by atoms with Crippen molar-refractivity contribution in [3.8, 4) is 5.75 Å². The minimum Gasteiger partial charge on any atom is -0.495 e. The van der Waals surface area contributed by atoms with Gasteiger partial charge in [-0.05, 0) is 47.7 Å². The average Bonchev–Trinajstić information content (AvgIpc) is 3.25. The summed E-state index contributed by atoms with van der Waals surface area (Å²) in [7, 11) is 3.60. The molecule has 5 rings (SSSR count). The van der Waals surface area contributed by atoms with Crippen molar-refractivity contribution in [3.05, 3.63) is 58.9 Å². The van der Waals surface area contributed by atoms with Gasteiger partial charge in [-0.2, -0.15) is 9.97 Å². The van der Waals surface area contributed by atoms with Crippen LogP contribution in [0.25, 0.3) is 11.2 Å². The fraction of sp³-hybridized carbons (Fsp3) is 0.393. The summed E-state index contributed by atoms with van der Waals surface area (Å²) in [6, 6.07) is 12.5. The van der Waals surface area contributed by atoms with Crippen LogP contribution in [-0.2, 0) is 12.5 Å². The Balaban J connectivity index is 1.42. The van der Waals surface area contributed by atoms with E-state index in [0.29, 0.717) is 22.4 Å². The molecule has 0 spiro atoms. The molecule has 8 nitrogen and oxygen atoms in total. The number of nitrogens with zero attached hydrogens (tertiary/aromatic N) is 6. The van der Waals surface area contributed by atoms with Crippen molar-refractivity contribution in [1.82, 2.24) is 19.5 Å². The largest absolute Gasteiger partial charge is 0.495 e. The Kier molecular flexibility index (Phi) is 6.62. The molecule has 1 aliphatic rings. The fourth-order valence-electron chi connectivity index (χ4n) is 4.64. The quantitative estimate of drug-likeness (QED) is 0.362. The number of imidazole rings is 1. The molecule has 1 fully saturated rings. The SMILES string of the molecule is COc1ccc(N2CCN(c3nc(Nc4cc(C(C)(C)C)ccc4C)c4c(ncn4C)n3)CC2)cc1Cl. The van der Waals surface area contributed by atoms with Gasteiger partial charge in [0.2, 0.25) is 5.95 Å². The zero-order valence-corrected chi connectivity index (χ0v) is 23.1. The van der Waals surface area contributed by atoms with E-state index < -0.39 is 0 Å². The van der Waals surface area contributed by atoms with E-state index in [1.165, 1.54) is 5.56 Å². The highest BCUT2D eigenvalue weighted by Crippen LogP contribution is 2.32. The van der Waals surface area contributed by atoms with Crippen LogP contribution in [-0.4, -0.2) is 52.8 Å². The molecule has 3 heterocycles. The predicted octanol–water partition coefficient (Wildman–Crippen LogP) is 5.70. The number of fused-ring (bicyclic) bond motifs is 1. The second-order valence-corrected chi connectivity index (χ2v) is 11.0. The second kappa shape index (κ2) is 9.74. The van der Waals surface area contributed by atoms with Gasteiger partial charge in [0, 0.05) is 44.6 Å². The van der Waals surface area contributed by atoms with E-state index in [1.54, 1.807) is 13.4 Å². The van der Waals surface area contributed by atoms with Gasteiger partial charge in [-0.25, -0.2) is 4.98 Å². The molecule has 0 radical (unpaired) electrons. The lowest BCUT2D eigenvalue weighted by Gasteiger charge is -2.36. The number of rotatable bonds is 5. The summed E-state index contributed by atoms with van der Waals surface area (Å²) in [6.45, 7) is 12.0. The third kappa shape index (κ3) is 5.03. The number of ether oxygens (including phenoxy) is 1. The van der Waals surface area contributed by atoms with Crippen LogP contribution in [0.5, 0.6) is 5.75 Å². The number of piperazine rings is 1. The van der Waals surface area contributed by atoms with Gasteiger partial charge >= 0.3 is 0 Å². The van der Waals surface area contributed by atoms with Crippen molar-refractivity contribution in [3.63, 3.8) is 0 Å². The van der Waals surface area contributed by atoms with E-state index in [1.807, 2.05) is 29.8 Å². The summed E-state index contributed by atoms with van der Waals surface area (Å²) in [6.07, 6.45) is 1.79. The molecular weight excluding hydrogens is 486 g/mol. The number of hydrogen-bond donors (Lipinski definition) is 1. The molecule has 2 aromatic heterocycles. The summed E-state index contributed by atoms with van der Waals surface area (Å²) in [4.78, 5) is 18.9. The smallest absolute Gasteiger partial charge is 0.229 e. The summed E-state index contributed by atoms with van der Waals surface area (Å²) in [5.74, 6) is 2.13. The molecule has 0 atom stereocenters. The van der Waals surface area contributed by atoms with E-state index in [-0.39, 0.29) is 5.41 Å². The highest BCUT2D eigenvalue weighted by Gasteiger charge is 2.23. The molecule has 0 amide bonds. The van der Waals surface area contributed by atoms with Gasteiger partial charge in [0.1, 0.15) is 11.3 Å². The second-order valence-electron chi connectivity index (χ2n) is 10.6. The van der Waals surface area contributed by atoms with Crippen LogP contribution in [0.2, 0.25) is 5.02 Å². The monoisotopic (exact) mass is 519 g/mol. The van der Waals surface area contributed by atoms with Gasteiger partial charge in [-0.1, -0.05) is 44.5 Å². The van der Waals surface area contributed by atoms with E-state index in [0.717, 1.165) is 54.5 Å². The van der Waals surface area contributed by atoms with Crippen molar-refractivity contribution in [1.29, 1.82) is 0 Å². The zero-order chi connectivity index (χ0) is 26.3. The zero-order valence-electron chi connectivity index (χ0n) is 22.3. The lowest BCUT2D eigenvalue weighted by Crippen LogP contribution is -2.47. The van der Waals surface area contributed by atoms with Crippen LogP contribution in [0, 0.1) is 6.92 Å². The highest BCUT2D eigenvalue weighted by atomic mass is 35.5. The minimum absolute atomic E-state index is 0.0522. The number of anilines is 4. The van der Waals surface area contributed by atoms with Crippen LogP contribution in [0.1, 0.15) is 31.9 Å². The van der Waals surface area contributed by atoms with Gasteiger partial charge in [0.25, 0.3) is 0 Å². The first-order chi connectivity index (χ1) is 17.6. The van der Waals surface area contributed by atoms with E-state index >= 15 is 0 Å². The Labute approximate surface area is 223 Å². The molecule has 1 N–H and O–H groups in total. The van der Waals surface area contributed by atoms with Gasteiger partial charge in [0.15, 0.2) is 11.5 Å². The minimum atomic E-state index is 0.0522. The fourth-order valence-corrected chi connectivity index (χ4v) is 4.89. The number of methoxy groups -OCH3 is 1. The number of benzene rings is 2. The van der Waals surface area contributed by atoms with Crippen LogP contribution in [0.4, 0.5) is 23.1 Å². The van der Waals surface area contributed by atoms with Crippen molar-refractivity contribution in [2.45, 2.75) is 33.1 Å². The van der Waals surface area contributed by atoms with Crippen LogP contribution >= 0.6 is 11.6 Å². The maximum atomic E-state index is 6.36. The summed E-state index contributed by atoms with van der Waals surface area (Å²) in [5.41, 5.74) is 6.18. The topological polar surface area (TPSA) is 71.3 Å². The van der Waals surface area contributed by atoms with Crippen molar-refractivity contribution in [2.75, 3.05) is 48.4 Å². The third-order valence-electron chi connectivity index (χ3n) is 6.98. The Hall–Kier alpha value is -3.52. The number of nitrogens with one attached hydrogen (secondary N) is 1. The molecule has 9 heteroatoms. The lowest BCUT2D eigenvalue weighted by atomic mass is 9.86. The molecule has 1 saturated heterocycles. The average molecular weight is 520 g/mol. The molecule has 2 aromatic carbocycles. The third-order valence-corrected chi connectivity index (χ3v) is 7.27. The van der Waals surface area contributed by atoms with Crippen molar-refractivity contribution >= 4 is 45.9 Å². The number of halogens is 1. The molecule has 0 unspecified atom stereocenters. The lowest BCUT2D eigenvalue weighted by molar-refractivity contribution is 0.415. The van der Waals surface area contributed by atoms with E-state index in [4.69, 9.17) is 26.3 Å². The van der Waals surface area contributed by atoms with E-state index in [9.17, 15) is 0 Å². The Bertz CT molecular complexity index is 1430. The van der Waals surface area contributed by atoms with Crippen molar-refractivity contribution < 1.29 is 4.74 Å². The summed E-state index contributed by atoms with van der Waals surface area (Å²) in [5, 5.41) is 4.23. The van der Waals surface area contributed by atoms with Gasteiger partial charge in [-0.3, -0.25) is 0 Å². The first-order valence-corrected chi connectivity index (χ1v) is 12.9. The number of hydrogen-bond acceptors (Lipinski definition) is 7. The Morgan fingerprint density at radius 3 is 2.38 bits per heavy atom. The Morgan fingerprint density at radius 2 is 1.70 bits per heavy atom. The summed E-state index contributed by atoms with van der Waals surface area (Å²) >= 11 is 6.36. The molecule has 1 aliphatic heterocycles. The molecule has 0 aliphatic carbocycles. The normalized spacial score (nSPS) is 14.4. The molecule has 4 aromatic rings. The summed E-state index contributed by atoms with van der Waals surface area (Å²) < 4.78 is 7.26. The molecule has 37 heavy (non-hydrogen) atoms. The molecular formula is C28H34ClN7O. The van der Waals surface area contributed by atoms with Gasteiger partial charge < -0.3 is 24.4 Å². The highest BCUT2D eigenvalue weighted by molar-refractivity contribution is 6.32. The first kappa shape index (κ1) is 25.1. The molecule has 0 saturated carbocycles. The Morgan fingerprint density at radius 1 is 0.973 bits per heavy atom. The van der Waals surface area contributed by atoms with Crippen molar-refractivity contribution in [2.24, 2.45) is 7.05 Å². The maximum Gasteiger partial charge on any atom is 0.229 e. The first-order valence-electron chi connectivity index (χ1n) is 12.5.